The number of ether oxygens (including phenoxy) is 1. The molecule has 0 aliphatic heterocycles. The van der Waals surface area contributed by atoms with Crippen LogP contribution in [0.2, 0.25) is 0 Å². The molecular weight excluding hydrogens is 222 g/mol. The minimum atomic E-state index is 0.428. The van der Waals surface area contributed by atoms with Gasteiger partial charge in [0.05, 0.1) is 6.61 Å². The van der Waals surface area contributed by atoms with Crippen molar-refractivity contribution in [3.05, 3.63) is 35.4 Å². The zero-order valence-electron chi connectivity index (χ0n) is 12.2. The van der Waals surface area contributed by atoms with Gasteiger partial charge in [0.15, 0.2) is 0 Å². The summed E-state index contributed by atoms with van der Waals surface area (Å²) in [6, 6.07) is 9.73. The molecule has 1 rings (SSSR count). The predicted octanol–water partition coefficient (Wildman–Crippen LogP) is 3.33. The fourth-order valence-corrected chi connectivity index (χ4v) is 2.16. The molecule has 0 saturated heterocycles. The second-order valence-electron chi connectivity index (χ2n) is 5.16. The van der Waals surface area contributed by atoms with E-state index < -0.39 is 0 Å². The molecule has 2 nitrogen and oxygen atoms in total. The lowest BCUT2D eigenvalue weighted by Crippen LogP contribution is -2.37. The molecule has 0 radical (unpaired) electrons. The number of aryl methyl sites for hydroxylation is 2. The van der Waals surface area contributed by atoms with Gasteiger partial charge in [0, 0.05) is 18.7 Å². The molecule has 0 bridgehead atoms. The first-order chi connectivity index (χ1) is 8.61. The molecule has 0 heterocycles. The second-order valence-corrected chi connectivity index (χ2v) is 5.16. The van der Waals surface area contributed by atoms with Crippen LogP contribution in [-0.2, 0) is 11.2 Å². The van der Waals surface area contributed by atoms with E-state index in [9.17, 15) is 0 Å². The minimum absolute atomic E-state index is 0.428. The third-order valence-electron chi connectivity index (χ3n) is 3.09. The lowest BCUT2D eigenvalue weighted by molar-refractivity contribution is 0.124. The van der Waals surface area contributed by atoms with Crippen LogP contribution in [0.3, 0.4) is 0 Å². The van der Waals surface area contributed by atoms with E-state index in [1.165, 1.54) is 17.5 Å². The van der Waals surface area contributed by atoms with Gasteiger partial charge >= 0.3 is 0 Å². The van der Waals surface area contributed by atoms with Gasteiger partial charge in [-0.05, 0) is 46.1 Å². The average Bonchev–Trinajstić information content (AvgIpc) is 2.34. The van der Waals surface area contributed by atoms with E-state index in [1.807, 2.05) is 6.92 Å². The molecule has 0 spiro atoms. The second kappa shape index (κ2) is 8.28. The van der Waals surface area contributed by atoms with Crippen molar-refractivity contribution in [2.45, 2.75) is 52.6 Å². The molecule has 1 aromatic rings. The van der Waals surface area contributed by atoms with Crippen LogP contribution >= 0.6 is 0 Å². The summed E-state index contributed by atoms with van der Waals surface area (Å²) in [6.45, 7) is 10.2. The Morgan fingerprint density at radius 1 is 1.22 bits per heavy atom. The Labute approximate surface area is 112 Å². The fourth-order valence-electron chi connectivity index (χ4n) is 2.16. The highest BCUT2D eigenvalue weighted by molar-refractivity contribution is 5.22. The van der Waals surface area contributed by atoms with Gasteiger partial charge in [0.1, 0.15) is 0 Å². The Bertz CT molecular complexity index is 338. The molecular formula is C16H27NO. The van der Waals surface area contributed by atoms with Gasteiger partial charge in [-0.1, -0.05) is 29.8 Å². The summed E-state index contributed by atoms with van der Waals surface area (Å²) in [6.07, 6.45) is 2.30. The molecule has 102 valence electrons. The van der Waals surface area contributed by atoms with Crippen LogP contribution < -0.4 is 5.32 Å². The van der Waals surface area contributed by atoms with E-state index in [2.05, 4.69) is 50.4 Å². The Morgan fingerprint density at radius 2 is 2.00 bits per heavy atom. The summed E-state index contributed by atoms with van der Waals surface area (Å²) in [4.78, 5) is 0. The average molecular weight is 249 g/mol. The Balaban J connectivity index is 2.26. The third-order valence-corrected chi connectivity index (χ3v) is 3.09. The topological polar surface area (TPSA) is 21.3 Å². The summed E-state index contributed by atoms with van der Waals surface area (Å²) in [5, 5.41) is 3.57. The van der Waals surface area contributed by atoms with Crippen LogP contribution in [0, 0.1) is 6.92 Å². The molecule has 0 aliphatic carbocycles. The quantitative estimate of drug-likeness (QED) is 0.763. The summed E-state index contributed by atoms with van der Waals surface area (Å²) in [5.41, 5.74) is 2.78. The van der Waals surface area contributed by atoms with Crippen molar-refractivity contribution in [3.63, 3.8) is 0 Å². The molecule has 2 atom stereocenters. The number of rotatable bonds is 8. The van der Waals surface area contributed by atoms with Gasteiger partial charge in [-0.3, -0.25) is 0 Å². The summed E-state index contributed by atoms with van der Waals surface area (Å²) < 4.78 is 5.41. The molecule has 0 fully saturated rings. The van der Waals surface area contributed by atoms with E-state index >= 15 is 0 Å². The SMILES string of the molecule is CCOCC(C)NC(C)CCc1cccc(C)c1. The van der Waals surface area contributed by atoms with Gasteiger partial charge in [0.2, 0.25) is 0 Å². The molecule has 0 amide bonds. The van der Waals surface area contributed by atoms with Crippen molar-refractivity contribution in [1.82, 2.24) is 5.32 Å². The minimum Gasteiger partial charge on any atom is -0.380 e. The van der Waals surface area contributed by atoms with E-state index in [-0.39, 0.29) is 0 Å². The van der Waals surface area contributed by atoms with Crippen molar-refractivity contribution in [2.24, 2.45) is 0 Å². The standard InChI is InChI=1S/C16H27NO/c1-5-18-12-15(4)17-14(3)9-10-16-8-6-7-13(2)11-16/h6-8,11,14-15,17H,5,9-10,12H2,1-4H3. The van der Waals surface area contributed by atoms with Crippen LogP contribution in [0.4, 0.5) is 0 Å². The van der Waals surface area contributed by atoms with E-state index in [1.54, 1.807) is 0 Å². The molecule has 1 N–H and O–H groups in total. The van der Waals surface area contributed by atoms with Crippen LogP contribution in [0.1, 0.15) is 38.3 Å². The van der Waals surface area contributed by atoms with Gasteiger partial charge in [0.25, 0.3) is 0 Å². The van der Waals surface area contributed by atoms with Crippen LogP contribution in [0.15, 0.2) is 24.3 Å². The van der Waals surface area contributed by atoms with E-state index in [4.69, 9.17) is 4.74 Å². The highest BCUT2D eigenvalue weighted by Crippen LogP contribution is 2.08. The largest absolute Gasteiger partial charge is 0.380 e. The van der Waals surface area contributed by atoms with Crippen molar-refractivity contribution in [2.75, 3.05) is 13.2 Å². The van der Waals surface area contributed by atoms with Crippen molar-refractivity contribution in [3.8, 4) is 0 Å². The van der Waals surface area contributed by atoms with Crippen LogP contribution in [0.5, 0.6) is 0 Å². The third kappa shape index (κ3) is 6.18. The number of hydrogen-bond donors (Lipinski definition) is 1. The zero-order chi connectivity index (χ0) is 13.4. The maximum Gasteiger partial charge on any atom is 0.0616 e. The maximum absolute atomic E-state index is 5.41. The Hall–Kier alpha value is -0.860. The van der Waals surface area contributed by atoms with Crippen molar-refractivity contribution < 1.29 is 4.74 Å². The molecule has 2 heteroatoms. The van der Waals surface area contributed by atoms with Crippen molar-refractivity contribution in [1.29, 1.82) is 0 Å². The molecule has 0 aromatic heterocycles. The summed E-state index contributed by atoms with van der Waals surface area (Å²) in [5.74, 6) is 0. The van der Waals surface area contributed by atoms with Crippen LogP contribution in [0.25, 0.3) is 0 Å². The first kappa shape index (κ1) is 15.2. The Morgan fingerprint density at radius 3 is 2.67 bits per heavy atom. The van der Waals surface area contributed by atoms with Crippen molar-refractivity contribution >= 4 is 0 Å². The summed E-state index contributed by atoms with van der Waals surface area (Å²) in [7, 11) is 0. The van der Waals surface area contributed by atoms with Gasteiger partial charge in [-0.2, -0.15) is 0 Å². The van der Waals surface area contributed by atoms with Gasteiger partial charge < -0.3 is 10.1 Å². The lowest BCUT2D eigenvalue weighted by Gasteiger charge is -2.20. The predicted molar refractivity (Wildman–Crippen MR) is 78.1 cm³/mol. The van der Waals surface area contributed by atoms with Gasteiger partial charge in [-0.25, -0.2) is 0 Å². The summed E-state index contributed by atoms with van der Waals surface area (Å²) >= 11 is 0. The molecule has 1 aromatic carbocycles. The lowest BCUT2D eigenvalue weighted by atomic mass is 10.0. The molecule has 18 heavy (non-hydrogen) atoms. The normalized spacial score (nSPS) is 14.4. The van der Waals surface area contributed by atoms with Gasteiger partial charge in [-0.15, -0.1) is 0 Å². The van der Waals surface area contributed by atoms with E-state index in [0.717, 1.165) is 19.6 Å². The monoisotopic (exact) mass is 249 g/mol. The number of hydrogen-bond acceptors (Lipinski definition) is 2. The number of nitrogens with one attached hydrogen (secondary N) is 1. The highest BCUT2D eigenvalue weighted by Gasteiger charge is 2.07. The zero-order valence-corrected chi connectivity index (χ0v) is 12.2. The number of benzene rings is 1. The van der Waals surface area contributed by atoms with E-state index in [0.29, 0.717) is 12.1 Å². The fraction of sp³-hybridized carbons (Fsp3) is 0.625. The molecule has 0 saturated carbocycles. The Kier molecular flexibility index (Phi) is 6.99. The molecule has 0 aliphatic rings. The smallest absolute Gasteiger partial charge is 0.0616 e. The first-order valence-corrected chi connectivity index (χ1v) is 7.01. The molecule has 2 unspecified atom stereocenters. The highest BCUT2D eigenvalue weighted by atomic mass is 16.5. The first-order valence-electron chi connectivity index (χ1n) is 7.01. The van der Waals surface area contributed by atoms with Crippen LogP contribution in [-0.4, -0.2) is 25.3 Å². The maximum atomic E-state index is 5.41.